The van der Waals surface area contributed by atoms with E-state index in [1.54, 1.807) is 0 Å². The quantitative estimate of drug-likeness (QED) is 0.796. The second-order valence-corrected chi connectivity index (χ2v) is 5.04. The molecule has 2 N–H and O–H groups in total. The molecular formula is C13H24N2O3. The summed E-state index contributed by atoms with van der Waals surface area (Å²) in [6, 6.07) is 0. The fraction of sp³-hybridized carbons (Fsp3) is 0.923. The molecule has 2 saturated heterocycles. The van der Waals surface area contributed by atoms with Gasteiger partial charge in [-0.15, -0.1) is 0 Å². The normalized spacial score (nSPS) is 29.8. The Kier molecular flexibility index (Phi) is 4.97. The lowest BCUT2D eigenvalue weighted by Gasteiger charge is -2.33. The van der Waals surface area contributed by atoms with Crippen molar-refractivity contribution < 1.29 is 14.3 Å². The maximum Gasteiger partial charge on any atom is 0.251 e. The molecule has 104 valence electrons. The summed E-state index contributed by atoms with van der Waals surface area (Å²) in [7, 11) is 0. The molecule has 0 aliphatic carbocycles. The van der Waals surface area contributed by atoms with Gasteiger partial charge in [0.15, 0.2) is 0 Å². The minimum atomic E-state index is -0.262. The molecule has 2 fully saturated rings. The molecule has 2 rings (SSSR count). The Labute approximate surface area is 109 Å². The summed E-state index contributed by atoms with van der Waals surface area (Å²) in [4.78, 5) is 14.2. The summed E-state index contributed by atoms with van der Waals surface area (Å²) in [5.41, 5.74) is 5.56. The summed E-state index contributed by atoms with van der Waals surface area (Å²) >= 11 is 0. The van der Waals surface area contributed by atoms with Crippen molar-refractivity contribution in [2.45, 2.75) is 50.9 Å². The number of nitrogens with two attached hydrogens (primary N) is 1. The number of carbonyl (C=O) groups is 1. The molecule has 2 unspecified atom stereocenters. The lowest BCUT2D eigenvalue weighted by atomic mass is 10.1. The van der Waals surface area contributed by atoms with Gasteiger partial charge in [0.2, 0.25) is 0 Å². The van der Waals surface area contributed by atoms with Gasteiger partial charge in [-0.3, -0.25) is 4.79 Å². The van der Waals surface area contributed by atoms with Crippen molar-refractivity contribution in [2.24, 2.45) is 5.73 Å². The molecule has 5 heteroatoms. The number of likely N-dealkylation sites (tertiary alicyclic amines) is 1. The van der Waals surface area contributed by atoms with Gasteiger partial charge in [0, 0.05) is 26.2 Å². The van der Waals surface area contributed by atoms with Crippen molar-refractivity contribution in [3.8, 4) is 0 Å². The van der Waals surface area contributed by atoms with E-state index >= 15 is 0 Å². The fourth-order valence-electron chi connectivity index (χ4n) is 2.74. The van der Waals surface area contributed by atoms with E-state index in [4.69, 9.17) is 15.2 Å². The number of amides is 1. The van der Waals surface area contributed by atoms with E-state index in [1.807, 2.05) is 11.8 Å². The lowest BCUT2D eigenvalue weighted by molar-refractivity contribution is -0.145. The third-order valence-corrected chi connectivity index (χ3v) is 3.80. The molecule has 0 radical (unpaired) electrons. The minimum Gasteiger partial charge on any atom is -0.378 e. The number of nitrogens with zero attached hydrogens (tertiary/aromatic N) is 1. The highest BCUT2D eigenvalue weighted by atomic mass is 16.5. The summed E-state index contributed by atoms with van der Waals surface area (Å²) in [6.07, 6.45) is 3.72. The van der Waals surface area contributed by atoms with Crippen LogP contribution in [0.15, 0.2) is 0 Å². The van der Waals surface area contributed by atoms with Crippen LogP contribution in [0.4, 0.5) is 0 Å². The molecule has 1 amide bonds. The summed E-state index contributed by atoms with van der Waals surface area (Å²) in [5.74, 6) is 0.140. The third kappa shape index (κ3) is 3.22. The SMILES string of the molecule is CCOC1CCN(C(=O)C2CCC(CN)O2)CC1. The molecule has 2 aliphatic rings. The van der Waals surface area contributed by atoms with E-state index in [9.17, 15) is 4.79 Å². The van der Waals surface area contributed by atoms with Crippen LogP contribution in [-0.4, -0.2) is 55.4 Å². The molecule has 18 heavy (non-hydrogen) atoms. The average molecular weight is 256 g/mol. The van der Waals surface area contributed by atoms with Crippen molar-refractivity contribution in [2.75, 3.05) is 26.2 Å². The summed E-state index contributed by atoms with van der Waals surface area (Å²) < 4.78 is 11.2. The molecule has 2 atom stereocenters. The van der Waals surface area contributed by atoms with Crippen LogP contribution < -0.4 is 5.73 Å². The number of rotatable bonds is 4. The first-order valence-electron chi connectivity index (χ1n) is 7.00. The number of hydrogen-bond donors (Lipinski definition) is 1. The van der Waals surface area contributed by atoms with Crippen molar-refractivity contribution >= 4 is 5.91 Å². The Hall–Kier alpha value is -0.650. The van der Waals surface area contributed by atoms with Crippen molar-refractivity contribution in [1.82, 2.24) is 4.90 Å². The first-order valence-corrected chi connectivity index (χ1v) is 7.00. The first kappa shape index (κ1) is 13.8. The van der Waals surface area contributed by atoms with Gasteiger partial charge in [-0.1, -0.05) is 0 Å². The standard InChI is InChI=1S/C13H24N2O3/c1-2-17-10-5-7-15(8-6-10)13(16)12-4-3-11(9-14)18-12/h10-12H,2-9,14H2,1H3. The smallest absolute Gasteiger partial charge is 0.251 e. The first-order chi connectivity index (χ1) is 8.74. The van der Waals surface area contributed by atoms with E-state index in [2.05, 4.69) is 0 Å². The zero-order valence-corrected chi connectivity index (χ0v) is 11.1. The van der Waals surface area contributed by atoms with E-state index in [-0.39, 0.29) is 18.1 Å². The van der Waals surface area contributed by atoms with Gasteiger partial charge < -0.3 is 20.1 Å². The number of piperidine rings is 1. The van der Waals surface area contributed by atoms with Crippen LogP contribution in [0.3, 0.4) is 0 Å². The van der Waals surface area contributed by atoms with Crippen LogP contribution in [0, 0.1) is 0 Å². The van der Waals surface area contributed by atoms with Gasteiger partial charge in [-0.05, 0) is 32.6 Å². The largest absolute Gasteiger partial charge is 0.378 e. The molecule has 0 aromatic rings. The van der Waals surface area contributed by atoms with Crippen molar-refractivity contribution in [3.05, 3.63) is 0 Å². The zero-order chi connectivity index (χ0) is 13.0. The van der Waals surface area contributed by atoms with E-state index in [0.717, 1.165) is 45.4 Å². The van der Waals surface area contributed by atoms with Gasteiger partial charge >= 0.3 is 0 Å². The number of hydrogen-bond acceptors (Lipinski definition) is 4. The van der Waals surface area contributed by atoms with E-state index in [0.29, 0.717) is 12.6 Å². The molecule has 0 spiro atoms. The Bertz CT molecular complexity index is 277. The van der Waals surface area contributed by atoms with Gasteiger partial charge in [0.25, 0.3) is 5.91 Å². The Morgan fingerprint density at radius 2 is 2.06 bits per heavy atom. The molecule has 0 aromatic carbocycles. The second-order valence-electron chi connectivity index (χ2n) is 5.04. The maximum atomic E-state index is 12.2. The van der Waals surface area contributed by atoms with Crippen LogP contribution in [0.2, 0.25) is 0 Å². The fourth-order valence-corrected chi connectivity index (χ4v) is 2.74. The van der Waals surface area contributed by atoms with Crippen LogP contribution in [0.1, 0.15) is 32.6 Å². The van der Waals surface area contributed by atoms with Crippen molar-refractivity contribution in [3.63, 3.8) is 0 Å². The highest BCUT2D eigenvalue weighted by Crippen LogP contribution is 2.23. The van der Waals surface area contributed by atoms with Gasteiger partial charge in [0.1, 0.15) is 6.10 Å². The Morgan fingerprint density at radius 1 is 1.33 bits per heavy atom. The molecule has 5 nitrogen and oxygen atoms in total. The predicted molar refractivity (Wildman–Crippen MR) is 68.2 cm³/mol. The predicted octanol–water partition coefficient (Wildman–Crippen LogP) is 0.520. The highest BCUT2D eigenvalue weighted by molar-refractivity contribution is 5.81. The lowest BCUT2D eigenvalue weighted by Crippen LogP contribution is -2.45. The van der Waals surface area contributed by atoms with Crippen molar-refractivity contribution in [1.29, 1.82) is 0 Å². The number of carbonyl (C=O) groups excluding carboxylic acids is 1. The topological polar surface area (TPSA) is 64.8 Å². The van der Waals surface area contributed by atoms with Gasteiger partial charge in [-0.2, -0.15) is 0 Å². The van der Waals surface area contributed by atoms with Crippen LogP contribution in [0.25, 0.3) is 0 Å². The summed E-state index contributed by atoms with van der Waals surface area (Å²) in [6.45, 7) is 4.85. The minimum absolute atomic E-state index is 0.0694. The van der Waals surface area contributed by atoms with Crippen LogP contribution in [-0.2, 0) is 14.3 Å². The Morgan fingerprint density at radius 3 is 2.61 bits per heavy atom. The molecule has 0 bridgehead atoms. The molecule has 2 heterocycles. The third-order valence-electron chi connectivity index (χ3n) is 3.80. The molecule has 2 aliphatic heterocycles. The summed E-state index contributed by atoms with van der Waals surface area (Å²) in [5, 5.41) is 0. The zero-order valence-electron chi connectivity index (χ0n) is 11.1. The van der Waals surface area contributed by atoms with Crippen LogP contribution >= 0.6 is 0 Å². The van der Waals surface area contributed by atoms with E-state index < -0.39 is 0 Å². The molecule has 0 aromatic heterocycles. The average Bonchev–Trinajstić information content (AvgIpc) is 2.88. The van der Waals surface area contributed by atoms with Gasteiger partial charge in [0.05, 0.1) is 12.2 Å². The number of ether oxygens (including phenoxy) is 2. The second kappa shape index (κ2) is 6.50. The maximum absolute atomic E-state index is 12.2. The Balaban J connectivity index is 1.77. The molecular weight excluding hydrogens is 232 g/mol. The van der Waals surface area contributed by atoms with Gasteiger partial charge in [-0.25, -0.2) is 0 Å². The van der Waals surface area contributed by atoms with E-state index in [1.165, 1.54) is 0 Å². The molecule has 0 saturated carbocycles. The van der Waals surface area contributed by atoms with Crippen LogP contribution in [0.5, 0.6) is 0 Å². The monoisotopic (exact) mass is 256 g/mol. The highest BCUT2D eigenvalue weighted by Gasteiger charge is 2.34.